The number of aliphatic carboxylic acids is 1. The first kappa shape index (κ1) is 11.2. The average Bonchev–Trinajstić information content (AvgIpc) is 1.86. The summed E-state index contributed by atoms with van der Waals surface area (Å²) in [6.07, 6.45) is 1.28. The lowest BCUT2D eigenvalue weighted by Gasteiger charge is -2.08. The van der Waals surface area contributed by atoms with Crippen LogP contribution in [0.3, 0.4) is 0 Å². The van der Waals surface area contributed by atoms with E-state index in [-0.39, 0.29) is 12.2 Å². The minimum atomic E-state index is -3.54. The van der Waals surface area contributed by atoms with Gasteiger partial charge >= 0.3 is 5.97 Å². The van der Waals surface area contributed by atoms with Gasteiger partial charge in [-0.15, -0.1) is 6.58 Å². The zero-order valence-electron chi connectivity index (χ0n) is 6.86. The minimum Gasteiger partial charge on any atom is -0.480 e. The van der Waals surface area contributed by atoms with Crippen molar-refractivity contribution < 1.29 is 18.3 Å². The van der Waals surface area contributed by atoms with Crippen LogP contribution in [0.4, 0.5) is 0 Å². The molecule has 0 aliphatic heterocycles. The second kappa shape index (κ2) is 4.25. The molecule has 0 radical (unpaired) electrons. The summed E-state index contributed by atoms with van der Waals surface area (Å²) in [5.74, 6) is -1.57. The molecule has 0 saturated carbocycles. The highest BCUT2D eigenvalue weighted by atomic mass is 32.2. The molecule has 0 aliphatic rings. The Bertz CT molecular complexity index is 265. The quantitative estimate of drug-likeness (QED) is 0.642. The standard InChI is InChI=1S/C7H12O4S/c1-3-5-12(10,11)6(4-2)7(8)9/h3,6H,1,4-5H2,2H3,(H,8,9). The Morgan fingerprint density at radius 3 is 2.42 bits per heavy atom. The highest BCUT2D eigenvalue weighted by molar-refractivity contribution is 7.92. The first-order valence-electron chi connectivity index (χ1n) is 3.51. The molecule has 0 aromatic heterocycles. The van der Waals surface area contributed by atoms with Gasteiger partial charge in [0.1, 0.15) is 0 Å². The van der Waals surface area contributed by atoms with Crippen LogP contribution in [-0.4, -0.2) is 30.5 Å². The fourth-order valence-electron chi connectivity index (χ4n) is 0.863. The van der Waals surface area contributed by atoms with Crippen LogP contribution in [-0.2, 0) is 14.6 Å². The number of rotatable bonds is 5. The molecule has 4 nitrogen and oxygen atoms in total. The highest BCUT2D eigenvalue weighted by Gasteiger charge is 2.29. The fourth-order valence-corrected chi connectivity index (χ4v) is 2.24. The van der Waals surface area contributed by atoms with E-state index >= 15 is 0 Å². The predicted octanol–water partition coefficient (Wildman–Crippen LogP) is 0.450. The molecule has 0 heterocycles. The van der Waals surface area contributed by atoms with E-state index in [9.17, 15) is 13.2 Å². The van der Waals surface area contributed by atoms with Crippen molar-refractivity contribution in [3.63, 3.8) is 0 Å². The summed E-state index contributed by atoms with van der Waals surface area (Å²) in [6.45, 7) is 4.78. The van der Waals surface area contributed by atoms with Gasteiger partial charge in [0.15, 0.2) is 15.1 Å². The molecule has 0 bridgehead atoms. The SMILES string of the molecule is C=CCS(=O)(=O)C(CC)C(=O)O. The van der Waals surface area contributed by atoms with Crippen LogP contribution in [0.2, 0.25) is 0 Å². The molecule has 0 fully saturated rings. The van der Waals surface area contributed by atoms with Crippen molar-refractivity contribution in [3.8, 4) is 0 Å². The van der Waals surface area contributed by atoms with Crippen LogP contribution >= 0.6 is 0 Å². The van der Waals surface area contributed by atoms with E-state index in [1.807, 2.05) is 0 Å². The average molecular weight is 192 g/mol. The van der Waals surface area contributed by atoms with Gasteiger partial charge in [0, 0.05) is 0 Å². The van der Waals surface area contributed by atoms with Gasteiger partial charge in [-0.25, -0.2) is 8.42 Å². The van der Waals surface area contributed by atoms with E-state index in [0.29, 0.717) is 0 Å². The molecule has 1 atom stereocenters. The predicted molar refractivity (Wildman–Crippen MR) is 45.7 cm³/mol. The van der Waals surface area contributed by atoms with Gasteiger partial charge in [-0.3, -0.25) is 4.79 Å². The summed E-state index contributed by atoms with van der Waals surface area (Å²) in [6, 6.07) is 0. The zero-order valence-corrected chi connectivity index (χ0v) is 7.67. The van der Waals surface area contributed by atoms with Gasteiger partial charge in [0.2, 0.25) is 0 Å². The van der Waals surface area contributed by atoms with Crippen molar-refractivity contribution in [1.82, 2.24) is 0 Å². The van der Waals surface area contributed by atoms with Crippen molar-refractivity contribution in [2.24, 2.45) is 0 Å². The largest absolute Gasteiger partial charge is 0.480 e. The second-order valence-corrected chi connectivity index (χ2v) is 4.58. The molecule has 70 valence electrons. The Balaban J connectivity index is 4.72. The third-order valence-corrected chi connectivity index (χ3v) is 3.53. The third kappa shape index (κ3) is 2.65. The number of sulfone groups is 1. The molecule has 0 aromatic rings. The van der Waals surface area contributed by atoms with Gasteiger partial charge in [0.05, 0.1) is 5.75 Å². The van der Waals surface area contributed by atoms with Crippen molar-refractivity contribution in [1.29, 1.82) is 0 Å². The monoisotopic (exact) mass is 192 g/mol. The maximum absolute atomic E-state index is 11.2. The van der Waals surface area contributed by atoms with Crippen molar-refractivity contribution >= 4 is 15.8 Å². The Hall–Kier alpha value is -0.840. The molecule has 0 aromatic carbocycles. The number of hydrogen-bond acceptors (Lipinski definition) is 3. The molecule has 0 rings (SSSR count). The Kier molecular flexibility index (Phi) is 3.95. The normalized spacial score (nSPS) is 13.8. The maximum atomic E-state index is 11.2. The molecule has 0 spiro atoms. The first-order valence-corrected chi connectivity index (χ1v) is 5.22. The van der Waals surface area contributed by atoms with Crippen LogP contribution in [0, 0.1) is 0 Å². The molecular formula is C7H12O4S. The lowest BCUT2D eigenvalue weighted by Crippen LogP contribution is -2.30. The van der Waals surface area contributed by atoms with E-state index in [4.69, 9.17) is 5.11 Å². The van der Waals surface area contributed by atoms with Crippen LogP contribution in [0.5, 0.6) is 0 Å². The van der Waals surface area contributed by atoms with Crippen LogP contribution in [0.25, 0.3) is 0 Å². The van der Waals surface area contributed by atoms with Crippen molar-refractivity contribution in [2.75, 3.05) is 5.75 Å². The van der Waals surface area contributed by atoms with Gasteiger partial charge in [-0.2, -0.15) is 0 Å². The Morgan fingerprint density at radius 2 is 2.17 bits per heavy atom. The van der Waals surface area contributed by atoms with E-state index in [2.05, 4.69) is 6.58 Å². The number of carboxylic acid groups (broad SMARTS) is 1. The summed E-state index contributed by atoms with van der Waals surface area (Å²) in [5.41, 5.74) is 0. The number of carbonyl (C=O) groups is 1. The topological polar surface area (TPSA) is 71.4 Å². The molecule has 12 heavy (non-hydrogen) atoms. The molecule has 0 amide bonds. The maximum Gasteiger partial charge on any atom is 0.321 e. The summed E-state index contributed by atoms with van der Waals surface area (Å²) in [5, 5.41) is 7.23. The van der Waals surface area contributed by atoms with Crippen LogP contribution < -0.4 is 0 Å². The molecule has 5 heteroatoms. The lowest BCUT2D eigenvalue weighted by molar-refractivity contribution is -0.136. The van der Waals surface area contributed by atoms with Gasteiger partial charge in [-0.05, 0) is 6.42 Å². The second-order valence-electron chi connectivity index (χ2n) is 2.35. The Morgan fingerprint density at radius 1 is 1.67 bits per heavy atom. The zero-order chi connectivity index (χ0) is 9.78. The summed E-state index contributed by atoms with van der Waals surface area (Å²) in [4.78, 5) is 10.4. The number of carboxylic acids is 1. The van der Waals surface area contributed by atoms with Crippen molar-refractivity contribution in [3.05, 3.63) is 12.7 Å². The van der Waals surface area contributed by atoms with E-state index in [0.717, 1.165) is 0 Å². The molecule has 0 aliphatic carbocycles. The highest BCUT2D eigenvalue weighted by Crippen LogP contribution is 2.07. The summed E-state index contributed by atoms with van der Waals surface area (Å²) >= 11 is 0. The third-order valence-electron chi connectivity index (χ3n) is 1.43. The van der Waals surface area contributed by atoms with E-state index < -0.39 is 21.1 Å². The minimum absolute atomic E-state index is 0.0888. The number of hydrogen-bond donors (Lipinski definition) is 1. The summed E-state index contributed by atoms with van der Waals surface area (Å²) < 4.78 is 22.3. The first-order chi connectivity index (χ1) is 5.45. The molecule has 0 saturated heterocycles. The molecule has 1 unspecified atom stereocenters. The molecular weight excluding hydrogens is 180 g/mol. The van der Waals surface area contributed by atoms with E-state index in [1.165, 1.54) is 13.0 Å². The molecule has 1 N–H and O–H groups in total. The lowest BCUT2D eigenvalue weighted by atomic mass is 10.3. The smallest absolute Gasteiger partial charge is 0.321 e. The summed E-state index contributed by atoms with van der Waals surface area (Å²) in [7, 11) is -3.54. The fraction of sp³-hybridized carbons (Fsp3) is 0.571. The van der Waals surface area contributed by atoms with Gasteiger partial charge in [-0.1, -0.05) is 13.0 Å². The van der Waals surface area contributed by atoms with Gasteiger partial charge in [0.25, 0.3) is 0 Å². The van der Waals surface area contributed by atoms with Crippen LogP contribution in [0.15, 0.2) is 12.7 Å². The Labute approximate surface area is 71.8 Å². The van der Waals surface area contributed by atoms with E-state index in [1.54, 1.807) is 0 Å². The van der Waals surface area contributed by atoms with Gasteiger partial charge < -0.3 is 5.11 Å². The van der Waals surface area contributed by atoms with Crippen molar-refractivity contribution in [2.45, 2.75) is 18.6 Å². The van der Waals surface area contributed by atoms with Crippen LogP contribution in [0.1, 0.15) is 13.3 Å².